The van der Waals surface area contributed by atoms with Crippen LogP contribution in [0.5, 0.6) is 0 Å². The van der Waals surface area contributed by atoms with Crippen LogP contribution in [0.3, 0.4) is 0 Å². The van der Waals surface area contributed by atoms with Crippen LogP contribution in [0, 0.1) is 6.92 Å². The molecular weight excluding hydrogens is 238 g/mol. The molecule has 0 amide bonds. The van der Waals surface area contributed by atoms with Crippen molar-refractivity contribution in [3.05, 3.63) is 11.9 Å². The Hall–Kier alpha value is -1.36. The van der Waals surface area contributed by atoms with Crippen LogP contribution in [0.15, 0.2) is 6.07 Å². The van der Waals surface area contributed by atoms with E-state index in [-0.39, 0.29) is 5.54 Å². The Morgan fingerprint density at radius 1 is 1.32 bits per heavy atom. The molecule has 0 aliphatic heterocycles. The van der Waals surface area contributed by atoms with Gasteiger partial charge in [-0.2, -0.15) is 0 Å². The number of aromatic nitrogens is 2. The summed E-state index contributed by atoms with van der Waals surface area (Å²) in [5, 5.41) is 6.90. The molecule has 2 rings (SSSR count). The Morgan fingerprint density at radius 3 is 2.58 bits per heavy atom. The second-order valence-corrected chi connectivity index (χ2v) is 6.01. The van der Waals surface area contributed by atoms with Crippen molar-refractivity contribution in [2.24, 2.45) is 5.73 Å². The van der Waals surface area contributed by atoms with E-state index < -0.39 is 0 Å². The van der Waals surface area contributed by atoms with Crippen molar-refractivity contribution < 1.29 is 0 Å². The molecule has 0 unspecified atom stereocenters. The van der Waals surface area contributed by atoms with E-state index in [9.17, 15) is 0 Å². The van der Waals surface area contributed by atoms with Crippen molar-refractivity contribution in [1.82, 2.24) is 9.97 Å². The summed E-state index contributed by atoms with van der Waals surface area (Å²) in [5.74, 6) is 2.58. The molecule has 0 atom stereocenters. The van der Waals surface area contributed by atoms with Crippen LogP contribution in [0.4, 0.5) is 11.6 Å². The largest absolute Gasteiger partial charge is 0.367 e. The summed E-state index contributed by atoms with van der Waals surface area (Å²) in [7, 11) is 0. The Bertz CT molecular complexity index is 426. The number of nitrogens with two attached hydrogens (primary N) is 1. The molecule has 1 aliphatic carbocycles. The maximum atomic E-state index is 5.63. The van der Waals surface area contributed by atoms with E-state index in [0.717, 1.165) is 23.9 Å². The fourth-order valence-electron chi connectivity index (χ4n) is 2.24. The first-order valence-corrected chi connectivity index (χ1v) is 7.09. The third kappa shape index (κ3) is 4.06. The molecule has 5 heteroatoms. The predicted octanol–water partition coefficient (Wildman–Crippen LogP) is 2.29. The molecule has 1 aliphatic rings. The number of anilines is 2. The highest BCUT2D eigenvalue weighted by molar-refractivity contribution is 5.49. The van der Waals surface area contributed by atoms with Gasteiger partial charge in [0.25, 0.3) is 0 Å². The smallest absolute Gasteiger partial charge is 0.132 e. The standard InChI is InChI=1S/C14H25N5/c1-10-16-12(18-11-5-4-6-11)9-13(17-10)19-14(2,3)7-8-15/h9,11H,4-8,15H2,1-3H3,(H2,16,17,18,19). The van der Waals surface area contributed by atoms with Crippen LogP contribution >= 0.6 is 0 Å². The van der Waals surface area contributed by atoms with Crippen LogP contribution in [-0.4, -0.2) is 28.1 Å². The van der Waals surface area contributed by atoms with E-state index in [2.05, 4.69) is 34.4 Å². The topological polar surface area (TPSA) is 75.9 Å². The van der Waals surface area contributed by atoms with Crippen molar-refractivity contribution >= 4 is 11.6 Å². The number of nitrogens with one attached hydrogen (secondary N) is 2. The van der Waals surface area contributed by atoms with Gasteiger partial charge in [0, 0.05) is 17.6 Å². The highest BCUT2D eigenvalue weighted by Gasteiger charge is 2.20. The van der Waals surface area contributed by atoms with E-state index in [4.69, 9.17) is 5.73 Å². The van der Waals surface area contributed by atoms with Crippen LogP contribution in [-0.2, 0) is 0 Å². The zero-order valence-electron chi connectivity index (χ0n) is 12.2. The maximum absolute atomic E-state index is 5.63. The molecule has 1 fully saturated rings. The zero-order valence-corrected chi connectivity index (χ0v) is 12.2. The third-order valence-electron chi connectivity index (χ3n) is 3.53. The van der Waals surface area contributed by atoms with Crippen LogP contribution in [0.25, 0.3) is 0 Å². The van der Waals surface area contributed by atoms with Crippen LogP contribution in [0.1, 0.15) is 45.4 Å². The van der Waals surface area contributed by atoms with Crippen LogP contribution in [0.2, 0.25) is 0 Å². The minimum absolute atomic E-state index is 0.0523. The van der Waals surface area contributed by atoms with Gasteiger partial charge in [-0.25, -0.2) is 9.97 Å². The first-order chi connectivity index (χ1) is 8.98. The van der Waals surface area contributed by atoms with Crippen molar-refractivity contribution in [2.45, 2.75) is 58.0 Å². The van der Waals surface area contributed by atoms with E-state index in [1.54, 1.807) is 0 Å². The normalized spacial score (nSPS) is 16.0. The van der Waals surface area contributed by atoms with E-state index in [0.29, 0.717) is 12.6 Å². The molecule has 106 valence electrons. The van der Waals surface area contributed by atoms with E-state index >= 15 is 0 Å². The molecule has 5 nitrogen and oxygen atoms in total. The molecule has 0 aromatic carbocycles. The van der Waals surface area contributed by atoms with E-state index in [1.807, 2.05) is 13.0 Å². The second-order valence-electron chi connectivity index (χ2n) is 6.01. The molecule has 1 aromatic heterocycles. The molecule has 19 heavy (non-hydrogen) atoms. The first kappa shape index (κ1) is 14.1. The minimum Gasteiger partial charge on any atom is -0.367 e. The third-order valence-corrected chi connectivity index (χ3v) is 3.53. The second kappa shape index (κ2) is 5.74. The lowest BCUT2D eigenvalue weighted by Gasteiger charge is -2.28. The quantitative estimate of drug-likeness (QED) is 0.734. The molecule has 0 bridgehead atoms. The zero-order chi connectivity index (χ0) is 13.9. The highest BCUT2D eigenvalue weighted by Crippen LogP contribution is 2.24. The molecule has 0 saturated heterocycles. The van der Waals surface area contributed by atoms with Gasteiger partial charge >= 0.3 is 0 Å². The molecule has 0 spiro atoms. The van der Waals surface area contributed by atoms with Gasteiger partial charge in [-0.15, -0.1) is 0 Å². The first-order valence-electron chi connectivity index (χ1n) is 7.09. The summed E-state index contributed by atoms with van der Waals surface area (Å²) in [5.41, 5.74) is 5.58. The van der Waals surface area contributed by atoms with Gasteiger partial charge in [0.1, 0.15) is 17.5 Å². The summed E-state index contributed by atoms with van der Waals surface area (Å²) < 4.78 is 0. The molecule has 4 N–H and O–H groups in total. The van der Waals surface area contributed by atoms with Gasteiger partial charge in [0.05, 0.1) is 0 Å². The summed E-state index contributed by atoms with van der Waals surface area (Å²) >= 11 is 0. The number of aryl methyl sites for hydroxylation is 1. The summed E-state index contributed by atoms with van der Waals surface area (Å²) in [6.45, 7) is 6.86. The van der Waals surface area contributed by atoms with E-state index in [1.165, 1.54) is 19.3 Å². The van der Waals surface area contributed by atoms with Gasteiger partial charge in [0.15, 0.2) is 0 Å². The molecule has 1 saturated carbocycles. The van der Waals surface area contributed by atoms with Crippen molar-refractivity contribution in [3.8, 4) is 0 Å². The average molecular weight is 263 g/mol. The number of nitrogens with zero attached hydrogens (tertiary/aromatic N) is 2. The lowest BCUT2D eigenvalue weighted by Crippen LogP contribution is -2.34. The molecular formula is C14H25N5. The fourth-order valence-corrected chi connectivity index (χ4v) is 2.24. The van der Waals surface area contributed by atoms with Gasteiger partial charge in [0.2, 0.25) is 0 Å². The number of hydrogen-bond acceptors (Lipinski definition) is 5. The summed E-state index contributed by atoms with van der Waals surface area (Å²) in [6, 6.07) is 2.57. The van der Waals surface area contributed by atoms with Crippen molar-refractivity contribution in [1.29, 1.82) is 0 Å². The Balaban J connectivity index is 2.07. The summed E-state index contributed by atoms with van der Waals surface area (Å²) in [6.07, 6.45) is 4.70. The predicted molar refractivity (Wildman–Crippen MR) is 79.4 cm³/mol. The van der Waals surface area contributed by atoms with Gasteiger partial charge in [-0.3, -0.25) is 0 Å². The summed E-state index contributed by atoms with van der Waals surface area (Å²) in [4.78, 5) is 8.89. The Morgan fingerprint density at radius 2 is 2.00 bits per heavy atom. The Kier molecular flexibility index (Phi) is 4.24. The van der Waals surface area contributed by atoms with Crippen molar-refractivity contribution in [2.75, 3.05) is 17.2 Å². The van der Waals surface area contributed by atoms with Crippen molar-refractivity contribution in [3.63, 3.8) is 0 Å². The average Bonchev–Trinajstić information content (AvgIpc) is 2.21. The lowest BCUT2D eigenvalue weighted by atomic mass is 9.93. The molecule has 0 radical (unpaired) electrons. The van der Waals surface area contributed by atoms with Gasteiger partial charge in [-0.05, 0) is 53.0 Å². The SMILES string of the molecule is Cc1nc(NC2CCC2)cc(NC(C)(C)CCN)n1. The lowest BCUT2D eigenvalue weighted by molar-refractivity contribution is 0.444. The van der Waals surface area contributed by atoms with Gasteiger partial charge in [-0.1, -0.05) is 0 Å². The monoisotopic (exact) mass is 263 g/mol. The number of hydrogen-bond donors (Lipinski definition) is 3. The highest BCUT2D eigenvalue weighted by atomic mass is 15.1. The maximum Gasteiger partial charge on any atom is 0.132 e. The van der Waals surface area contributed by atoms with Gasteiger partial charge < -0.3 is 16.4 Å². The number of rotatable bonds is 6. The fraction of sp³-hybridized carbons (Fsp3) is 0.714. The molecule has 1 heterocycles. The molecule has 1 aromatic rings. The Labute approximate surface area is 115 Å². The van der Waals surface area contributed by atoms with Crippen LogP contribution < -0.4 is 16.4 Å². The minimum atomic E-state index is -0.0523.